The predicted molar refractivity (Wildman–Crippen MR) is 80.0 cm³/mol. The molecular weight excluding hydrogens is 276 g/mol. The maximum Gasteiger partial charge on any atom is 0.341 e. The number of rotatable bonds is 7. The van der Waals surface area contributed by atoms with Crippen molar-refractivity contribution >= 4 is 28.2 Å². The minimum atomic E-state index is -0.421. The Morgan fingerprint density at radius 1 is 1.45 bits per heavy atom. The quantitative estimate of drug-likeness (QED) is 0.456. The minimum Gasteiger partial charge on any atom is -0.462 e. The van der Waals surface area contributed by atoms with Crippen molar-refractivity contribution in [2.24, 2.45) is 0 Å². The summed E-state index contributed by atoms with van der Waals surface area (Å²) in [5.74, 6) is 1.72. The summed E-state index contributed by atoms with van der Waals surface area (Å²) in [6.45, 7) is 4.45. The molecule has 0 unspecified atom stereocenters. The van der Waals surface area contributed by atoms with Gasteiger partial charge in [-0.1, -0.05) is 12.8 Å². The van der Waals surface area contributed by atoms with Gasteiger partial charge in [0, 0.05) is 4.88 Å². The first-order valence-corrected chi connectivity index (χ1v) is 7.17. The van der Waals surface area contributed by atoms with Crippen LogP contribution in [0, 0.1) is 12.3 Å². The van der Waals surface area contributed by atoms with Crippen LogP contribution in [0.2, 0.25) is 0 Å². The van der Waals surface area contributed by atoms with Gasteiger partial charge < -0.3 is 10.1 Å². The lowest BCUT2D eigenvalue weighted by molar-refractivity contribution is -0.115. The van der Waals surface area contributed by atoms with Crippen molar-refractivity contribution in [2.45, 2.75) is 20.3 Å². The van der Waals surface area contributed by atoms with Gasteiger partial charge in [0.05, 0.1) is 25.3 Å². The van der Waals surface area contributed by atoms with E-state index in [1.54, 1.807) is 13.0 Å². The summed E-state index contributed by atoms with van der Waals surface area (Å²) in [6.07, 6.45) is 5.88. The van der Waals surface area contributed by atoms with Crippen LogP contribution in [0.4, 0.5) is 5.00 Å². The molecule has 0 saturated heterocycles. The number of nitrogens with one attached hydrogen (secondary N) is 2. The average molecular weight is 294 g/mol. The molecule has 5 nitrogen and oxygen atoms in total. The fourth-order valence-electron chi connectivity index (χ4n) is 1.49. The standard InChI is InChI=1S/C14H18N2O3S/c1-4-7-15-9-12(17)16-13-11(14(18)19-6-3)8-10(5-2)20-13/h1,8,15H,5-7,9H2,2-3H3,(H,16,17). The van der Waals surface area contributed by atoms with Crippen LogP contribution in [0.15, 0.2) is 6.07 Å². The molecule has 1 aromatic rings. The summed E-state index contributed by atoms with van der Waals surface area (Å²) < 4.78 is 4.98. The number of hydrogen-bond acceptors (Lipinski definition) is 5. The lowest BCUT2D eigenvalue weighted by Crippen LogP contribution is -2.28. The summed E-state index contributed by atoms with van der Waals surface area (Å²) in [5, 5.41) is 6.02. The summed E-state index contributed by atoms with van der Waals surface area (Å²) in [4.78, 5) is 24.6. The third-order valence-electron chi connectivity index (χ3n) is 2.39. The van der Waals surface area contributed by atoms with E-state index in [1.807, 2.05) is 6.92 Å². The molecule has 20 heavy (non-hydrogen) atoms. The Morgan fingerprint density at radius 3 is 2.80 bits per heavy atom. The molecule has 2 N–H and O–H groups in total. The van der Waals surface area contributed by atoms with Gasteiger partial charge in [-0.2, -0.15) is 0 Å². The Bertz CT molecular complexity index is 517. The van der Waals surface area contributed by atoms with Crippen molar-refractivity contribution in [3.8, 4) is 12.3 Å². The van der Waals surface area contributed by atoms with E-state index in [0.29, 0.717) is 23.7 Å². The van der Waals surface area contributed by atoms with Crippen molar-refractivity contribution in [3.05, 3.63) is 16.5 Å². The first kappa shape index (κ1) is 16.2. The van der Waals surface area contributed by atoms with Gasteiger partial charge in [0.2, 0.25) is 5.91 Å². The maximum absolute atomic E-state index is 11.8. The van der Waals surface area contributed by atoms with E-state index < -0.39 is 5.97 Å². The highest BCUT2D eigenvalue weighted by Gasteiger charge is 2.18. The molecule has 0 atom stereocenters. The number of carbonyl (C=O) groups is 2. The normalized spacial score (nSPS) is 9.85. The summed E-state index contributed by atoms with van der Waals surface area (Å²) in [5.41, 5.74) is 0.402. The molecule has 0 aliphatic rings. The Kier molecular flexibility index (Phi) is 6.77. The van der Waals surface area contributed by atoms with Gasteiger partial charge in [-0.15, -0.1) is 17.8 Å². The molecule has 1 amide bonds. The zero-order chi connectivity index (χ0) is 15.0. The number of aryl methyl sites for hydroxylation is 1. The van der Waals surface area contributed by atoms with Crippen LogP contribution in [0.3, 0.4) is 0 Å². The molecule has 0 aliphatic carbocycles. The molecule has 1 rings (SSSR count). The van der Waals surface area contributed by atoms with Gasteiger partial charge in [0.15, 0.2) is 0 Å². The van der Waals surface area contributed by atoms with Crippen molar-refractivity contribution in [2.75, 3.05) is 25.0 Å². The van der Waals surface area contributed by atoms with Crippen LogP contribution in [-0.2, 0) is 16.0 Å². The molecule has 0 fully saturated rings. The van der Waals surface area contributed by atoms with Crippen LogP contribution < -0.4 is 10.6 Å². The summed E-state index contributed by atoms with van der Waals surface area (Å²) >= 11 is 1.38. The van der Waals surface area contributed by atoms with Crippen molar-refractivity contribution in [1.82, 2.24) is 5.32 Å². The number of carbonyl (C=O) groups excluding carboxylic acids is 2. The van der Waals surface area contributed by atoms with E-state index in [0.717, 1.165) is 11.3 Å². The van der Waals surface area contributed by atoms with Crippen LogP contribution in [0.25, 0.3) is 0 Å². The Hall–Kier alpha value is -1.84. The average Bonchev–Trinajstić information content (AvgIpc) is 2.82. The molecule has 0 aliphatic heterocycles. The Balaban J connectivity index is 2.77. The molecule has 1 aromatic heterocycles. The first-order chi connectivity index (χ1) is 9.62. The minimum absolute atomic E-state index is 0.103. The van der Waals surface area contributed by atoms with Gasteiger partial charge in [0.1, 0.15) is 5.00 Å². The van der Waals surface area contributed by atoms with E-state index in [-0.39, 0.29) is 12.5 Å². The summed E-state index contributed by atoms with van der Waals surface area (Å²) in [7, 11) is 0. The van der Waals surface area contributed by atoms with Crippen molar-refractivity contribution < 1.29 is 14.3 Å². The zero-order valence-electron chi connectivity index (χ0n) is 11.6. The largest absolute Gasteiger partial charge is 0.462 e. The third-order valence-corrected chi connectivity index (χ3v) is 3.59. The second-order valence-corrected chi connectivity index (χ2v) is 5.02. The molecule has 0 radical (unpaired) electrons. The highest BCUT2D eigenvalue weighted by atomic mass is 32.1. The number of anilines is 1. The first-order valence-electron chi connectivity index (χ1n) is 6.36. The van der Waals surface area contributed by atoms with Crippen LogP contribution in [-0.4, -0.2) is 31.6 Å². The Labute approximate surface area is 122 Å². The van der Waals surface area contributed by atoms with Crippen LogP contribution in [0.5, 0.6) is 0 Å². The number of hydrogen-bond donors (Lipinski definition) is 2. The lowest BCUT2D eigenvalue weighted by atomic mass is 10.2. The fourth-order valence-corrected chi connectivity index (χ4v) is 2.49. The molecule has 6 heteroatoms. The number of amides is 1. The number of ether oxygens (including phenoxy) is 1. The second kappa shape index (κ2) is 8.35. The molecule has 108 valence electrons. The molecule has 0 aromatic carbocycles. The van der Waals surface area contributed by atoms with E-state index >= 15 is 0 Å². The number of terminal acetylenes is 1. The van der Waals surface area contributed by atoms with Gasteiger partial charge in [-0.05, 0) is 19.4 Å². The van der Waals surface area contributed by atoms with Gasteiger partial charge in [-0.3, -0.25) is 10.1 Å². The lowest BCUT2D eigenvalue weighted by Gasteiger charge is -2.06. The molecule has 1 heterocycles. The Morgan fingerprint density at radius 2 is 2.20 bits per heavy atom. The molecule has 0 bridgehead atoms. The molecular formula is C14H18N2O3S. The van der Waals surface area contributed by atoms with E-state index in [2.05, 4.69) is 16.6 Å². The van der Waals surface area contributed by atoms with E-state index in [1.165, 1.54) is 11.3 Å². The predicted octanol–water partition coefficient (Wildman–Crippen LogP) is 1.65. The number of thiophene rings is 1. The summed E-state index contributed by atoms with van der Waals surface area (Å²) in [6, 6.07) is 1.76. The topological polar surface area (TPSA) is 67.4 Å². The van der Waals surface area contributed by atoms with Crippen molar-refractivity contribution in [3.63, 3.8) is 0 Å². The van der Waals surface area contributed by atoms with Gasteiger partial charge in [0.25, 0.3) is 0 Å². The van der Waals surface area contributed by atoms with Crippen LogP contribution in [0.1, 0.15) is 29.1 Å². The maximum atomic E-state index is 11.8. The van der Waals surface area contributed by atoms with Crippen molar-refractivity contribution in [1.29, 1.82) is 0 Å². The fraction of sp³-hybridized carbons (Fsp3) is 0.429. The number of esters is 1. The molecule has 0 spiro atoms. The smallest absolute Gasteiger partial charge is 0.341 e. The third kappa shape index (κ3) is 4.68. The van der Waals surface area contributed by atoms with E-state index in [9.17, 15) is 9.59 Å². The van der Waals surface area contributed by atoms with E-state index in [4.69, 9.17) is 11.2 Å². The molecule has 0 saturated carbocycles. The van der Waals surface area contributed by atoms with Gasteiger partial charge >= 0.3 is 5.97 Å². The van der Waals surface area contributed by atoms with Crippen LogP contribution >= 0.6 is 11.3 Å². The monoisotopic (exact) mass is 294 g/mol. The zero-order valence-corrected chi connectivity index (χ0v) is 12.4. The highest BCUT2D eigenvalue weighted by Crippen LogP contribution is 2.29. The second-order valence-electron chi connectivity index (χ2n) is 3.89. The van der Waals surface area contributed by atoms with Gasteiger partial charge in [-0.25, -0.2) is 4.79 Å². The SMILES string of the molecule is C#CCNCC(=O)Nc1sc(CC)cc1C(=O)OCC. The highest BCUT2D eigenvalue weighted by molar-refractivity contribution is 7.16.